The maximum Gasteiger partial charge on any atom is 0.257 e. The Morgan fingerprint density at radius 1 is 1.20 bits per heavy atom. The highest BCUT2D eigenvalue weighted by Gasteiger charge is 2.12. The second-order valence-electron chi connectivity index (χ2n) is 4.68. The van der Waals surface area contributed by atoms with E-state index in [1.165, 1.54) is 0 Å². The number of carbonyl (C=O) groups is 1. The van der Waals surface area contributed by atoms with Gasteiger partial charge in [0.1, 0.15) is 0 Å². The summed E-state index contributed by atoms with van der Waals surface area (Å²) < 4.78 is 0.870. The maximum atomic E-state index is 12.4. The van der Waals surface area contributed by atoms with E-state index in [1.54, 1.807) is 0 Å². The van der Waals surface area contributed by atoms with E-state index < -0.39 is 0 Å². The first-order chi connectivity index (χ1) is 9.65. The van der Waals surface area contributed by atoms with Crippen LogP contribution < -0.4 is 5.32 Å². The van der Waals surface area contributed by atoms with Crippen LogP contribution in [0.5, 0.6) is 0 Å². The number of nitrogens with one attached hydrogen (secondary N) is 2. The normalized spacial score (nSPS) is 10.7. The largest absolute Gasteiger partial charge is 0.361 e. The third-order valence-corrected chi connectivity index (χ3v) is 3.89. The van der Waals surface area contributed by atoms with E-state index in [2.05, 4.69) is 26.2 Å². The number of hydrogen-bond acceptors (Lipinski definition) is 1. The van der Waals surface area contributed by atoms with Gasteiger partial charge in [-0.15, -0.1) is 0 Å². The zero-order valence-corrected chi connectivity index (χ0v) is 12.5. The van der Waals surface area contributed by atoms with Gasteiger partial charge < -0.3 is 10.3 Å². The lowest BCUT2D eigenvalue weighted by Gasteiger charge is -2.09. The second-order valence-corrected chi connectivity index (χ2v) is 5.54. The third kappa shape index (κ3) is 2.34. The van der Waals surface area contributed by atoms with Gasteiger partial charge in [-0.2, -0.15) is 0 Å². The van der Waals surface area contributed by atoms with Crippen LogP contribution in [0.4, 0.5) is 5.69 Å². The summed E-state index contributed by atoms with van der Waals surface area (Å²) in [5, 5.41) is 3.97. The Bertz CT molecular complexity index is 792. The Morgan fingerprint density at radius 3 is 2.90 bits per heavy atom. The van der Waals surface area contributed by atoms with Crippen molar-refractivity contribution in [3.63, 3.8) is 0 Å². The molecule has 1 amide bonds. The molecule has 4 heteroatoms. The quantitative estimate of drug-likeness (QED) is 0.715. The lowest BCUT2D eigenvalue weighted by atomic mass is 10.1. The highest BCUT2D eigenvalue weighted by Crippen LogP contribution is 2.25. The fourth-order valence-electron chi connectivity index (χ4n) is 2.20. The molecule has 20 heavy (non-hydrogen) atoms. The summed E-state index contributed by atoms with van der Waals surface area (Å²) in [6.45, 7) is 1.99. The minimum atomic E-state index is -0.121. The Kier molecular flexibility index (Phi) is 3.32. The van der Waals surface area contributed by atoms with Crippen molar-refractivity contribution in [3.05, 3.63) is 64.3 Å². The van der Waals surface area contributed by atoms with E-state index in [1.807, 2.05) is 55.6 Å². The topological polar surface area (TPSA) is 44.9 Å². The number of halogens is 1. The van der Waals surface area contributed by atoms with E-state index in [9.17, 15) is 4.79 Å². The molecule has 2 aromatic carbocycles. The number of fused-ring (bicyclic) bond motifs is 1. The number of aromatic nitrogens is 1. The van der Waals surface area contributed by atoms with Gasteiger partial charge >= 0.3 is 0 Å². The summed E-state index contributed by atoms with van der Waals surface area (Å²) in [5.41, 5.74) is 3.37. The van der Waals surface area contributed by atoms with E-state index >= 15 is 0 Å². The molecular formula is C16H13BrN2O. The van der Waals surface area contributed by atoms with Crippen molar-refractivity contribution in [1.29, 1.82) is 0 Å². The van der Waals surface area contributed by atoms with Gasteiger partial charge in [-0.3, -0.25) is 4.79 Å². The molecule has 0 saturated carbocycles. The molecule has 0 aliphatic heterocycles. The van der Waals surface area contributed by atoms with Crippen LogP contribution >= 0.6 is 15.9 Å². The van der Waals surface area contributed by atoms with Crippen LogP contribution in [0.25, 0.3) is 10.9 Å². The van der Waals surface area contributed by atoms with Crippen LogP contribution in [0.3, 0.4) is 0 Å². The Balaban J connectivity index is 1.97. The molecule has 0 radical (unpaired) electrons. The minimum Gasteiger partial charge on any atom is -0.361 e. The lowest BCUT2D eigenvalue weighted by Crippen LogP contribution is -2.12. The first kappa shape index (κ1) is 12.9. The van der Waals surface area contributed by atoms with Crippen molar-refractivity contribution in [2.24, 2.45) is 0 Å². The molecule has 0 aliphatic carbocycles. The van der Waals surface area contributed by atoms with Crippen LogP contribution in [-0.4, -0.2) is 10.9 Å². The van der Waals surface area contributed by atoms with Crippen molar-refractivity contribution < 1.29 is 4.79 Å². The van der Waals surface area contributed by atoms with Gasteiger partial charge in [-0.1, -0.05) is 18.2 Å². The van der Waals surface area contributed by atoms with Gasteiger partial charge in [0.05, 0.1) is 16.8 Å². The predicted molar refractivity (Wildman–Crippen MR) is 85.1 cm³/mol. The average Bonchev–Trinajstić information content (AvgIpc) is 2.91. The monoisotopic (exact) mass is 328 g/mol. The number of aryl methyl sites for hydroxylation is 1. The predicted octanol–water partition coefficient (Wildman–Crippen LogP) is 4.49. The van der Waals surface area contributed by atoms with Gasteiger partial charge in [-0.25, -0.2) is 0 Å². The molecule has 100 valence electrons. The minimum absolute atomic E-state index is 0.121. The summed E-state index contributed by atoms with van der Waals surface area (Å²) in [5.74, 6) is -0.121. The third-order valence-electron chi connectivity index (χ3n) is 3.20. The first-order valence-corrected chi connectivity index (χ1v) is 7.08. The fourth-order valence-corrected chi connectivity index (χ4v) is 2.54. The lowest BCUT2D eigenvalue weighted by molar-refractivity contribution is 0.102. The van der Waals surface area contributed by atoms with E-state index in [-0.39, 0.29) is 5.91 Å². The summed E-state index contributed by atoms with van der Waals surface area (Å²) >= 11 is 3.45. The van der Waals surface area contributed by atoms with Crippen molar-refractivity contribution in [1.82, 2.24) is 4.98 Å². The highest BCUT2D eigenvalue weighted by molar-refractivity contribution is 9.10. The number of para-hydroxylation sites is 1. The molecule has 3 aromatic rings. The van der Waals surface area contributed by atoms with Crippen molar-refractivity contribution in [3.8, 4) is 0 Å². The zero-order chi connectivity index (χ0) is 14.1. The van der Waals surface area contributed by atoms with Crippen molar-refractivity contribution in [2.45, 2.75) is 6.92 Å². The molecular weight excluding hydrogens is 316 g/mol. The van der Waals surface area contributed by atoms with E-state index in [4.69, 9.17) is 0 Å². The molecule has 3 nitrogen and oxygen atoms in total. The number of hydrogen-bond donors (Lipinski definition) is 2. The fraction of sp³-hybridized carbons (Fsp3) is 0.0625. The molecule has 0 atom stereocenters. The number of rotatable bonds is 2. The number of benzene rings is 2. The SMILES string of the molecule is Cc1ccc(Br)c(NC(=O)c2cccc3cc[nH]c23)c1. The molecule has 1 aromatic heterocycles. The highest BCUT2D eigenvalue weighted by atomic mass is 79.9. The molecule has 2 N–H and O–H groups in total. The first-order valence-electron chi connectivity index (χ1n) is 6.29. The standard InChI is InChI=1S/C16H13BrN2O/c1-10-5-6-13(17)14(9-10)19-16(20)12-4-2-3-11-7-8-18-15(11)12/h2-9,18H,1H3,(H,19,20). The molecule has 3 rings (SSSR count). The van der Waals surface area contributed by atoms with Crippen LogP contribution in [0.15, 0.2) is 53.1 Å². The Morgan fingerprint density at radius 2 is 2.05 bits per heavy atom. The van der Waals surface area contributed by atoms with Crippen LogP contribution in [0.1, 0.15) is 15.9 Å². The Labute approximate surface area is 125 Å². The molecule has 0 bridgehead atoms. The number of anilines is 1. The number of H-pyrrole nitrogens is 1. The smallest absolute Gasteiger partial charge is 0.257 e. The number of aromatic amines is 1. The molecule has 0 fully saturated rings. The van der Waals surface area contributed by atoms with E-state index in [0.717, 1.165) is 26.6 Å². The number of amides is 1. The zero-order valence-electron chi connectivity index (χ0n) is 10.9. The molecule has 0 saturated heterocycles. The summed E-state index contributed by atoms with van der Waals surface area (Å²) in [6, 6.07) is 13.5. The molecule has 0 unspecified atom stereocenters. The molecule has 1 heterocycles. The van der Waals surface area contributed by atoms with Crippen LogP contribution in [-0.2, 0) is 0 Å². The van der Waals surface area contributed by atoms with Gasteiger partial charge in [0.15, 0.2) is 0 Å². The Hall–Kier alpha value is -2.07. The van der Waals surface area contributed by atoms with Crippen LogP contribution in [0.2, 0.25) is 0 Å². The summed E-state index contributed by atoms with van der Waals surface area (Å²) in [6.07, 6.45) is 1.84. The summed E-state index contributed by atoms with van der Waals surface area (Å²) in [4.78, 5) is 15.5. The second kappa shape index (κ2) is 5.13. The van der Waals surface area contributed by atoms with Crippen molar-refractivity contribution in [2.75, 3.05) is 5.32 Å². The van der Waals surface area contributed by atoms with E-state index in [0.29, 0.717) is 5.56 Å². The van der Waals surface area contributed by atoms with Gasteiger partial charge in [0.25, 0.3) is 5.91 Å². The molecule has 0 spiro atoms. The van der Waals surface area contributed by atoms with Crippen molar-refractivity contribution >= 4 is 38.4 Å². The van der Waals surface area contributed by atoms with Gasteiger partial charge in [0.2, 0.25) is 0 Å². The summed E-state index contributed by atoms with van der Waals surface area (Å²) in [7, 11) is 0. The molecule has 0 aliphatic rings. The maximum absolute atomic E-state index is 12.4. The number of carbonyl (C=O) groups excluding carboxylic acids is 1. The van der Waals surface area contributed by atoms with Crippen LogP contribution in [0, 0.1) is 6.92 Å². The van der Waals surface area contributed by atoms with Gasteiger partial charge in [0, 0.05) is 16.1 Å². The average molecular weight is 329 g/mol. The van der Waals surface area contributed by atoms with Gasteiger partial charge in [-0.05, 0) is 52.7 Å².